The van der Waals surface area contributed by atoms with Crippen molar-refractivity contribution < 1.29 is 14.6 Å². The number of rotatable bonds is 11. The fourth-order valence-electron chi connectivity index (χ4n) is 4.58. The minimum absolute atomic E-state index is 0.0384. The maximum absolute atomic E-state index is 13.5. The molecule has 0 bridgehead atoms. The summed E-state index contributed by atoms with van der Waals surface area (Å²) in [5, 5.41) is 10.4. The fourth-order valence-corrected chi connectivity index (χ4v) is 4.58. The van der Waals surface area contributed by atoms with Crippen molar-refractivity contribution in [1.29, 1.82) is 0 Å². The van der Waals surface area contributed by atoms with Gasteiger partial charge in [0.1, 0.15) is 11.6 Å². The molecule has 3 aromatic carbocycles. The molecule has 4 rings (SSSR count). The average molecular weight is 499 g/mol. The average Bonchev–Trinajstić information content (AvgIpc) is 2.89. The van der Waals surface area contributed by atoms with E-state index in [9.17, 15) is 14.7 Å². The molecule has 0 fully saturated rings. The summed E-state index contributed by atoms with van der Waals surface area (Å²) < 4.78 is 7.82. The summed E-state index contributed by atoms with van der Waals surface area (Å²) in [7, 11) is 0. The maximum Gasteiger partial charge on any atom is 0.349 e. The molecule has 6 nitrogen and oxygen atoms in total. The minimum atomic E-state index is -1.10. The summed E-state index contributed by atoms with van der Waals surface area (Å²) in [4.78, 5) is 30.4. The molecule has 0 radical (unpaired) electrons. The number of hydrogen-bond acceptors (Lipinski definition) is 4. The maximum atomic E-state index is 13.5. The Morgan fingerprint density at radius 3 is 2.49 bits per heavy atom. The lowest BCUT2D eigenvalue weighted by atomic mass is 10.0. The van der Waals surface area contributed by atoms with Crippen molar-refractivity contribution in [3.8, 4) is 5.75 Å². The SMILES string of the molecule is CCCCc1nc2cc(C)ccc2c(=O)n1Cc1ccc(OC(C(=O)O)c2ccccc2)c(CCC)c1. The van der Waals surface area contributed by atoms with Gasteiger partial charge < -0.3 is 9.84 Å². The van der Waals surface area contributed by atoms with Gasteiger partial charge in [0.15, 0.2) is 0 Å². The van der Waals surface area contributed by atoms with Gasteiger partial charge in [-0.2, -0.15) is 0 Å². The van der Waals surface area contributed by atoms with Gasteiger partial charge in [-0.05, 0) is 54.7 Å². The van der Waals surface area contributed by atoms with E-state index in [1.165, 1.54) is 0 Å². The Balaban J connectivity index is 1.71. The van der Waals surface area contributed by atoms with Crippen LogP contribution in [0.4, 0.5) is 0 Å². The second-order valence-corrected chi connectivity index (χ2v) is 9.48. The van der Waals surface area contributed by atoms with Gasteiger partial charge >= 0.3 is 5.97 Å². The first kappa shape index (κ1) is 26.1. The Morgan fingerprint density at radius 1 is 1.00 bits per heavy atom. The number of aliphatic carboxylic acids is 1. The number of nitrogens with zero attached hydrogens (tertiary/aromatic N) is 2. The van der Waals surface area contributed by atoms with Crippen molar-refractivity contribution in [2.24, 2.45) is 0 Å². The van der Waals surface area contributed by atoms with Gasteiger partial charge in [0.25, 0.3) is 5.56 Å². The highest BCUT2D eigenvalue weighted by Crippen LogP contribution is 2.28. The van der Waals surface area contributed by atoms with Crippen molar-refractivity contribution in [3.05, 3.63) is 105 Å². The van der Waals surface area contributed by atoms with Crippen molar-refractivity contribution in [2.75, 3.05) is 0 Å². The third-order valence-corrected chi connectivity index (χ3v) is 6.50. The number of ether oxygens (including phenoxy) is 1. The van der Waals surface area contributed by atoms with Gasteiger partial charge in [0.2, 0.25) is 6.10 Å². The van der Waals surface area contributed by atoms with Crippen LogP contribution in [0.25, 0.3) is 10.9 Å². The molecule has 1 unspecified atom stereocenters. The lowest BCUT2D eigenvalue weighted by Gasteiger charge is -2.19. The monoisotopic (exact) mass is 498 g/mol. The Labute approximate surface area is 217 Å². The molecule has 0 aliphatic heterocycles. The van der Waals surface area contributed by atoms with E-state index >= 15 is 0 Å². The summed E-state index contributed by atoms with van der Waals surface area (Å²) in [5.74, 6) is 0.298. The lowest BCUT2D eigenvalue weighted by Crippen LogP contribution is -2.26. The summed E-state index contributed by atoms with van der Waals surface area (Å²) in [6.07, 6.45) is 3.21. The highest BCUT2D eigenvalue weighted by atomic mass is 16.5. The summed E-state index contributed by atoms with van der Waals surface area (Å²) in [6.45, 7) is 6.60. The fraction of sp³-hybridized carbons (Fsp3) is 0.323. The van der Waals surface area contributed by atoms with Gasteiger partial charge in [-0.25, -0.2) is 9.78 Å². The van der Waals surface area contributed by atoms with Crippen LogP contribution in [0.2, 0.25) is 0 Å². The van der Waals surface area contributed by atoms with Gasteiger partial charge in [0, 0.05) is 12.0 Å². The van der Waals surface area contributed by atoms with Crippen LogP contribution < -0.4 is 10.3 Å². The first-order valence-electron chi connectivity index (χ1n) is 13.0. The summed E-state index contributed by atoms with van der Waals surface area (Å²) >= 11 is 0. The van der Waals surface area contributed by atoms with Crippen LogP contribution in [-0.2, 0) is 24.2 Å². The molecule has 0 aliphatic rings. The van der Waals surface area contributed by atoms with Crippen LogP contribution in [0.1, 0.15) is 67.3 Å². The van der Waals surface area contributed by atoms with Gasteiger partial charge in [-0.3, -0.25) is 9.36 Å². The molecule has 0 saturated carbocycles. The van der Waals surface area contributed by atoms with Gasteiger partial charge in [-0.1, -0.05) is 75.2 Å². The largest absolute Gasteiger partial charge is 0.478 e. The van der Waals surface area contributed by atoms with Crippen LogP contribution >= 0.6 is 0 Å². The van der Waals surface area contributed by atoms with Crippen molar-refractivity contribution in [2.45, 2.75) is 65.5 Å². The summed E-state index contributed by atoms with van der Waals surface area (Å²) in [6, 6.07) is 20.5. The van der Waals surface area contributed by atoms with Crippen molar-refractivity contribution >= 4 is 16.9 Å². The number of unbranched alkanes of at least 4 members (excludes halogenated alkanes) is 1. The van der Waals surface area contributed by atoms with E-state index in [1.807, 2.05) is 49.4 Å². The van der Waals surface area contributed by atoms with Gasteiger partial charge in [0.05, 0.1) is 17.4 Å². The van der Waals surface area contributed by atoms with Crippen LogP contribution in [0, 0.1) is 6.92 Å². The van der Waals surface area contributed by atoms with E-state index in [1.54, 1.807) is 28.8 Å². The highest BCUT2D eigenvalue weighted by molar-refractivity contribution is 5.78. The third-order valence-electron chi connectivity index (χ3n) is 6.50. The molecule has 1 N–H and O–H groups in total. The molecule has 37 heavy (non-hydrogen) atoms. The second kappa shape index (κ2) is 11.9. The Hall–Kier alpha value is -3.93. The molecule has 0 spiro atoms. The molecular formula is C31H34N2O4. The molecule has 1 heterocycles. The third kappa shape index (κ3) is 6.08. The number of aryl methyl sites for hydroxylation is 3. The van der Waals surface area contributed by atoms with Crippen LogP contribution in [0.15, 0.2) is 71.5 Å². The van der Waals surface area contributed by atoms with E-state index in [4.69, 9.17) is 9.72 Å². The number of carboxylic acids is 1. The molecule has 6 heteroatoms. The Bertz CT molecular complexity index is 1440. The molecule has 0 saturated heterocycles. The van der Waals surface area contributed by atoms with Gasteiger partial charge in [-0.15, -0.1) is 0 Å². The number of hydrogen-bond donors (Lipinski definition) is 1. The molecule has 1 aromatic heterocycles. The Kier molecular flexibility index (Phi) is 8.39. The molecular weight excluding hydrogens is 464 g/mol. The van der Waals surface area contributed by atoms with E-state index in [2.05, 4.69) is 13.8 Å². The number of aromatic nitrogens is 2. The van der Waals surface area contributed by atoms with Crippen LogP contribution in [0.3, 0.4) is 0 Å². The van der Waals surface area contributed by atoms with E-state index in [0.29, 0.717) is 23.2 Å². The van der Waals surface area contributed by atoms with E-state index < -0.39 is 12.1 Å². The zero-order valence-corrected chi connectivity index (χ0v) is 21.7. The van der Waals surface area contributed by atoms with Crippen molar-refractivity contribution in [3.63, 3.8) is 0 Å². The molecule has 0 amide bonds. The predicted octanol–water partition coefficient (Wildman–Crippen LogP) is 6.25. The number of benzene rings is 3. The van der Waals surface area contributed by atoms with E-state index in [0.717, 1.165) is 60.1 Å². The lowest BCUT2D eigenvalue weighted by molar-refractivity contribution is -0.145. The predicted molar refractivity (Wildman–Crippen MR) is 146 cm³/mol. The molecule has 1 atom stereocenters. The quantitative estimate of drug-likeness (QED) is 0.264. The topological polar surface area (TPSA) is 81.4 Å². The number of carbonyl (C=O) groups is 1. The molecule has 0 aliphatic carbocycles. The first-order chi connectivity index (χ1) is 17.9. The number of fused-ring (bicyclic) bond motifs is 1. The second-order valence-electron chi connectivity index (χ2n) is 9.48. The number of carboxylic acid groups (broad SMARTS) is 1. The molecule has 192 valence electrons. The summed E-state index contributed by atoms with van der Waals surface area (Å²) in [5.41, 5.74) is 4.25. The van der Waals surface area contributed by atoms with E-state index in [-0.39, 0.29) is 5.56 Å². The Morgan fingerprint density at radius 2 is 1.78 bits per heavy atom. The first-order valence-corrected chi connectivity index (χ1v) is 13.0. The highest BCUT2D eigenvalue weighted by Gasteiger charge is 2.23. The normalized spacial score (nSPS) is 12.0. The van der Waals surface area contributed by atoms with Crippen LogP contribution in [-0.4, -0.2) is 20.6 Å². The molecule has 4 aromatic rings. The zero-order valence-electron chi connectivity index (χ0n) is 21.7. The zero-order chi connectivity index (χ0) is 26.4. The van der Waals surface area contributed by atoms with Crippen molar-refractivity contribution in [1.82, 2.24) is 9.55 Å². The standard InChI is InChI=1S/C31H34N2O4/c1-4-6-13-28-32-26-18-21(3)14-16-25(26)30(34)33(28)20-22-15-17-27(24(19-22)10-5-2)37-29(31(35)36)23-11-8-7-9-12-23/h7-9,11-12,14-19,29H,4-6,10,13,20H2,1-3H3,(H,35,36). The minimum Gasteiger partial charge on any atom is -0.478 e. The van der Waals surface area contributed by atoms with Crippen LogP contribution in [0.5, 0.6) is 5.75 Å². The smallest absolute Gasteiger partial charge is 0.349 e.